The summed E-state index contributed by atoms with van der Waals surface area (Å²) >= 11 is 1.21. The molecule has 0 bridgehead atoms. The molecular formula is C9H10N8S. The van der Waals surface area contributed by atoms with Crippen LogP contribution in [0.4, 0.5) is 10.8 Å². The third-order valence-electron chi connectivity index (χ3n) is 2.31. The van der Waals surface area contributed by atoms with Gasteiger partial charge in [-0.25, -0.2) is 9.97 Å². The van der Waals surface area contributed by atoms with Crippen LogP contribution in [0.15, 0.2) is 10.2 Å². The molecule has 18 heavy (non-hydrogen) atoms. The molecule has 3 heterocycles. The van der Waals surface area contributed by atoms with Crippen LogP contribution in [0.5, 0.6) is 0 Å². The average Bonchev–Trinajstić information content (AvgIpc) is 2.92. The number of hydrogen-bond donors (Lipinski definition) is 1. The fourth-order valence-corrected chi connectivity index (χ4v) is 2.07. The minimum atomic E-state index is 0.530. The van der Waals surface area contributed by atoms with Gasteiger partial charge in [0.05, 0.1) is 5.69 Å². The lowest BCUT2D eigenvalue weighted by Gasteiger charge is -1.86. The van der Waals surface area contributed by atoms with Crippen molar-refractivity contribution in [3.63, 3.8) is 0 Å². The largest absolute Gasteiger partial charge is 0.278 e. The normalized spacial score (nSPS) is 11.9. The standard InChI is InChI=1S/C9H10N8S/c1-4-7(8-10-5(2)15-17(8)14-4)12-13-9-11-6(3)16-18-9/h14H,1-3H3. The Morgan fingerprint density at radius 1 is 1.11 bits per heavy atom. The van der Waals surface area contributed by atoms with Crippen molar-refractivity contribution >= 4 is 28.0 Å². The number of H-pyrrole nitrogens is 1. The highest BCUT2D eigenvalue weighted by molar-refractivity contribution is 7.09. The second kappa shape index (κ2) is 3.95. The number of hydrogen-bond acceptors (Lipinski definition) is 7. The predicted octanol–water partition coefficient (Wildman–Crippen LogP) is 2.25. The van der Waals surface area contributed by atoms with E-state index in [9.17, 15) is 0 Å². The van der Waals surface area contributed by atoms with Gasteiger partial charge in [-0.3, -0.25) is 5.10 Å². The summed E-state index contributed by atoms with van der Waals surface area (Å²) in [6.45, 7) is 5.54. The van der Waals surface area contributed by atoms with Crippen molar-refractivity contribution < 1.29 is 0 Å². The summed E-state index contributed by atoms with van der Waals surface area (Å²) in [4.78, 5) is 8.40. The minimum Gasteiger partial charge on any atom is -0.278 e. The highest BCUT2D eigenvalue weighted by Crippen LogP contribution is 2.26. The van der Waals surface area contributed by atoms with Crippen molar-refractivity contribution in [1.29, 1.82) is 0 Å². The fraction of sp³-hybridized carbons (Fsp3) is 0.333. The summed E-state index contributed by atoms with van der Waals surface area (Å²) < 4.78 is 5.63. The van der Waals surface area contributed by atoms with Crippen LogP contribution in [-0.4, -0.2) is 29.2 Å². The van der Waals surface area contributed by atoms with Crippen molar-refractivity contribution in [2.24, 2.45) is 10.2 Å². The monoisotopic (exact) mass is 262 g/mol. The highest BCUT2D eigenvalue weighted by atomic mass is 32.1. The minimum absolute atomic E-state index is 0.530. The van der Waals surface area contributed by atoms with Gasteiger partial charge in [0.1, 0.15) is 11.6 Å². The third-order valence-corrected chi connectivity index (χ3v) is 3.00. The maximum Gasteiger partial charge on any atom is 0.249 e. The topological polar surface area (TPSA) is 96.5 Å². The molecule has 92 valence electrons. The molecule has 0 unspecified atom stereocenters. The summed E-state index contributed by atoms with van der Waals surface area (Å²) in [5.41, 5.74) is 2.19. The summed E-state index contributed by atoms with van der Waals surface area (Å²) in [6, 6.07) is 0. The Morgan fingerprint density at radius 3 is 2.67 bits per heavy atom. The number of fused-ring (bicyclic) bond motifs is 1. The Labute approximate surface area is 106 Å². The van der Waals surface area contributed by atoms with Crippen molar-refractivity contribution in [2.75, 3.05) is 0 Å². The van der Waals surface area contributed by atoms with E-state index in [-0.39, 0.29) is 0 Å². The number of aromatic amines is 1. The summed E-state index contributed by atoms with van der Waals surface area (Å²) in [5, 5.41) is 16.0. The zero-order chi connectivity index (χ0) is 12.7. The lowest BCUT2D eigenvalue weighted by molar-refractivity contribution is 0.793. The molecule has 0 aromatic carbocycles. The molecule has 3 aromatic rings. The van der Waals surface area contributed by atoms with E-state index in [1.54, 1.807) is 4.63 Å². The Hall–Kier alpha value is -2.16. The van der Waals surface area contributed by atoms with Gasteiger partial charge in [0, 0.05) is 11.5 Å². The van der Waals surface area contributed by atoms with E-state index in [1.165, 1.54) is 11.5 Å². The molecule has 3 rings (SSSR count). The first-order valence-electron chi connectivity index (χ1n) is 5.27. The third kappa shape index (κ3) is 1.78. The molecule has 0 saturated carbocycles. The molecular weight excluding hydrogens is 252 g/mol. The molecule has 1 N–H and O–H groups in total. The first-order chi connectivity index (χ1) is 8.63. The molecule has 0 saturated heterocycles. The van der Waals surface area contributed by atoms with Gasteiger partial charge in [0.25, 0.3) is 0 Å². The van der Waals surface area contributed by atoms with Gasteiger partial charge in [-0.2, -0.15) is 9.00 Å². The van der Waals surface area contributed by atoms with Crippen LogP contribution in [0.3, 0.4) is 0 Å². The number of nitrogens with one attached hydrogen (secondary N) is 1. The molecule has 0 radical (unpaired) electrons. The molecule has 0 aliphatic carbocycles. The van der Waals surface area contributed by atoms with Crippen LogP contribution in [0.25, 0.3) is 5.65 Å². The van der Waals surface area contributed by atoms with E-state index in [4.69, 9.17) is 0 Å². The summed E-state index contributed by atoms with van der Waals surface area (Å²) in [6.07, 6.45) is 0. The van der Waals surface area contributed by atoms with Crippen LogP contribution in [0.1, 0.15) is 17.3 Å². The Balaban J connectivity index is 2.03. The zero-order valence-corrected chi connectivity index (χ0v) is 10.9. The van der Waals surface area contributed by atoms with E-state index in [2.05, 4.69) is 34.8 Å². The maximum atomic E-state index is 4.29. The van der Waals surface area contributed by atoms with Crippen molar-refractivity contribution in [3.05, 3.63) is 17.3 Å². The summed E-state index contributed by atoms with van der Waals surface area (Å²) in [7, 11) is 0. The van der Waals surface area contributed by atoms with Gasteiger partial charge >= 0.3 is 0 Å². The molecule has 9 heteroatoms. The first kappa shape index (κ1) is 11.0. The second-order valence-electron chi connectivity index (χ2n) is 3.80. The molecule has 0 spiro atoms. The lowest BCUT2D eigenvalue weighted by Crippen LogP contribution is -1.86. The van der Waals surface area contributed by atoms with Gasteiger partial charge in [-0.15, -0.1) is 15.3 Å². The number of azo groups is 1. The van der Waals surface area contributed by atoms with Gasteiger partial charge in [-0.1, -0.05) is 0 Å². The van der Waals surface area contributed by atoms with Crippen molar-refractivity contribution in [3.8, 4) is 0 Å². The lowest BCUT2D eigenvalue weighted by atomic mass is 10.4. The zero-order valence-electron chi connectivity index (χ0n) is 10.0. The van der Waals surface area contributed by atoms with E-state index >= 15 is 0 Å². The van der Waals surface area contributed by atoms with Gasteiger partial charge in [-0.05, 0) is 20.8 Å². The van der Waals surface area contributed by atoms with Crippen LogP contribution < -0.4 is 0 Å². The second-order valence-corrected chi connectivity index (χ2v) is 4.53. The van der Waals surface area contributed by atoms with Gasteiger partial charge < -0.3 is 0 Å². The van der Waals surface area contributed by atoms with E-state index in [0.29, 0.717) is 28.1 Å². The molecule has 0 fully saturated rings. The van der Waals surface area contributed by atoms with E-state index < -0.39 is 0 Å². The Kier molecular flexibility index (Phi) is 2.40. The number of aryl methyl sites for hydroxylation is 3. The first-order valence-corrected chi connectivity index (χ1v) is 6.05. The predicted molar refractivity (Wildman–Crippen MR) is 65.6 cm³/mol. The molecule has 3 aromatic heterocycles. The fourth-order valence-electron chi connectivity index (χ4n) is 1.57. The maximum absolute atomic E-state index is 4.29. The molecule has 0 aliphatic heterocycles. The SMILES string of the molecule is Cc1nsc(N=Nc2c(C)[nH]n3nc(C)nc23)n1. The Bertz CT molecular complexity index is 733. The Morgan fingerprint density at radius 2 is 1.94 bits per heavy atom. The smallest absolute Gasteiger partial charge is 0.249 e. The number of nitrogens with zero attached hydrogens (tertiary/aromatic N) is 7. The van der Waals surface area contributed by atoms with E-state index in [0.717, 1.165) is 5.69 Å². The van der Waals surface area contributed by atoms with Crippen molar-refractivity contribution in [2.45, 2.75) is 20.8 Å². The van der Waals surface area contributed by atoms with E-state index in [1.807, 2.05) is 20.8 Å². The number of rotatable bonds is 2. The highest BCUT2D eigenvalue weighted by Gasteiger charge is 2.12. The van der Waals surface area contributed by atoms with Crippen LogP contribution in [0, 0.1) is 20.8 Å². The van der Waals surface area contributed by atoms with Gasteiger partial charge in [0.15, 0.2) is 5.69 Å². The molecule has 8 nitrogen and oxygen atoms in total. The van der Waals surface area contributed by atoms with Crippen molar-refractivity contribution in [1.82, 2.24) is 29.2 Å². The molecule has 0 aliphatic rings. The average molecular weight is 262 g/mol. The van der Waals surface area contributed by atoms with Gasteiger partial charge in [0.2, 0.25) is 10.8 Å². The van der Waals surface area contributed by atoms with Crippen LogP contribution >= 0.6 is 11.5 Å². The molecule has 0 amide bonds. The quantitative estimate of drug-likeness (QED) is 0.716. The summed E-state index contributed by atoms with van der Waals surface area (Å²) in [5.74, 6) is 1.38. The number of aromatic nitrogens is 6. The van der Waals surface area contributed by atoms with Crippen LogP contribution in [0.2, 0.25) is 0 Å². The molecule has 0 atom stereocenters. The van der Waals surface area contributed by atoms with Crippen LogP contribution in [-0.2, 0) is 0 Å².